The Hall–Kier alpha value is -2.53. The number of hydrogen-bond acceptors (Lipinski definition) is 4. The van der Waals surface area contributed by atoms with Gasteiger partial charge in [-0.1, -0.05) is 19.9 Å². The number of aryl methyl sites for hydroxylation is 4. The first-order valence-corrected chi connectivity index (χ1v) is 11.2. The summed E-state index contributed by atoms with van der Waals surface area (Å²) in [5.41, 5.74) is 8.79. The van der Waals surface area contributed by atoms with Crippen LogP contribution in [0.2, 0.25) is 0 Å². The lowest BCUT2D eigenvalue weighted by Crippen LogP contribution is -2.07. The zero-order chi connectivity index (χ0) is 20.7. The highest BCUT2D eigenvalue weighted by molar-refractivity contribution is 7.19. The molecule has 4 rings (SSSR count). The Bertz CT molecular complexity index is 1180. The maximum atomic E-state index is 4.93. The van der Waals surface area contributed by atoms with Crippen LogP contribution in [0.5, 0.6) is 0 Å². The molecule has 150 valence electrons. The molecule has 4 heterocycles. The van der Waals surface area contributed by atoms with E-state index >= 15 is 0 Å². The molecule has 0 saturated heterocycles. The molecule has 0 atom stereocenters. The van der Waals surface area contributed by atoms with E-state index in [9.17, 15) is 0 Å². The van der Waals surface area contributed by atoms with Crippen molar-refractivity contribution in [3.63, 3.8) is 0 Å². The van der Waals surface area contributed by atoms with Gasteiger partial charge in [0.1, 0.15) is 0 Å². The van der Waals surface area contributed by atoms with Gasteiger partial charge in [-0.05, 0) is 70.4 Å². The van der Waals surface area contributed by atoms with Crippen molar-refractivity contribution in [1.29, 1.82) is 0 Å². The largest absolute Gasteiger partial charge is 0.252 e. The third-order valence-corrected chi connectivity index (χ3v) is 6.89. The van der Waals surface area contributed by atoms with E-state index in [4.69, 9.17) is 15.1 Å². The van der Waals surface area contributed by atoms with Gasteiger partial charge in [-0.3, -0.25) is 4.98 Å². The number of thiophene rings is 1. The van der Waals surface area contributed by atoms with Gasteiger partial charge in [-0.2, -0.15) is 5.10 Å². The van der Waals surface area contributed by atoms with E-state index in [0.717, 1.165) is 46.8 Å². The molecule has 0 aliphatic heterocycles. The highest BCUT2D eigenvalue weighted by Gasteiger charge is 2.22. The summed E-state index contributed by atoms with van der Waals surface area (Å²) in [5.74, 6) is 0.489. The van der Waals surface area contributed by atoms with Gasteiger partial charge < -0.3 is 0 Å². The summed E-state index contributed by atoms with van der Waals surface area (Å²) in [6.45, 7) is 12.9. The van der Waals surface area contributed by atoms with E-state index in [1.165, 1.54) is 21.0 Å². The number of fused-ring (bicyclic) bond motifs is 1. The molecule has 0 saturated carbocycles. The van der Waals surface area contributed by atoms with Crippen LogP contribution in [0.25, 0.3) is 26.7 Å². The number of aromatic nitrogens is 4. The van der Waals surface area contributed by atoms with Gasteiger partial charge in [0.2, 0.25) is 0 Å². The summed E-state index contributed by atoms with van der Waals surface area (Å²) < 4.78 is 2.08. The molecule has 29 heavy (non-hydrogen) atoms. The van der Waals surface area contributed by atoms with Gasteiger partial charge in [0.15, 0.2) is 5.65 Å². The van der Waals surface area contributed by atoms with Gasteiger partial charge in [0.25, 0.3) is 0 Å². The number of nitrogens with zero attached hydrogens (tertiary/aromatic N) is 4. The minimum Gasteiger partial charge on any atom is -0.252 e. The van der Waals surface area contributed by atoms with Crippen LogP contribution >= 0.6 is 11.3 Å². The Labute approximate surface area is 176 Å². The van der Waals surface area contributed by atoms with Crippen molar-refractivity contribution in [2.24, 2.45) is 0 Å². The minimum atomic E-state index is 0.489. The van der Waals surface area contributed by atoms with E-state index in [1.807, 2.05) is 13.0 Å². The van der Waals surface area contributed by atoms with E-state index < -0.39 is 0 Å². The van der Waals surface area contributed by atoms with Crippen LogP contribution in [0.3, 0.4) is 0 Å². The van der Waals surface area contributed by atoms with Crippen LogP contribution < -0.4 is 0 Å². The van der Waals surface area contributed by atoms with Gasteiger partial charge in [0.05, 0.1) is 21.8 Å². The van der Waals surface area contributed by atoms with Gasteiger partial charge >= 0.3 is 0 Å². The molecule has 0 amide bonds. The maximum absolute atomic E-state index is 4.93. The molecular formula is C24H28N4S. The van der Waals surface area contributed by atoms with Crippen molar-refractivity contribution in [2.45, 2.75) is 60.3 Å². The van der Waals surface area contributed by atoms with Crippen molar-refractivity contribution in [2.75, 3.05) is 0 Å². The molecule has 0 bridgehead atoms. The SMILES string of the molecule is CCC(CC)c1cc(C)nc2c(-c3sc(-c4cccc(C)n4)cc3C)c(C)nn12. The fourth-order valence-electron chi connectivity index (χ4n) is 4.07. The fraction of sp³-hybridized carbons (Fsp3) is 0.375. The standard InChI is InChI=1S/C24H28N4S/c1-7-18(8-2)20-13-16(5)26-24-22(17(6)27-28(20)24)23-14(3)12-21(29-23)19-11-9-10-15(4)25-19/h9-13,18H,7-8H2,1-6H3. The highest BCUT2D eigenvalue weighted by atomic mass is 32.1. The quantitative estimate of drug-likeness (QED) is 0.374. The minimum absolute atomic E-state index is 0.489. The molecule has 0 fully saturated rings. The monoisotopic (exact) mass is 404 g/mol. The molecular weight excluding hydrogens is 376 g/mol. The molecule has 4 aromatic heterocycles. The summed E-state index contributed by atoms with van der Waals surface area (Å²) in [6.07, 6.45) is 2.20. The van der Waals surface area contributed by atoms with Crippen molar-refractivity contribution >= 4 is 17.0 Å². The van der Waals surface area contributed by atoms with Crippen LogP contribution in [-0.4, -0.2) is 19.6 Å². The molecule has 0 N–H and O–H groups in total. The third-order valence-electron chi connectivity index (χ3n) is 5.61. The Morgan fingerprint density at radius 2 is 1.72 bits per heavy atom. The molecule has 4 aromatic rings. The summed E-state index contributed by atoms with van der Waals surface area (Å²) in [4.78, 5) is 12.1. The van der Waals surface area contributed by atoms with Crippen molar-refractivity contribution in [3.8, 4) is 21.0 Å². The van der Waals surface area contributed by atoms with E-state index in [0.29, 0.717) is 5.92 Å². The first-order chi connectivity index (χ1) is 13.9. The molecule has 0 aliphatic rings. The smallest absolute Gasteiger partial charge is 0.164 e. The number of hydrogen-bond donors (Lipinski definition) is 0. The van der Waals surface area contributed by atoms with Crippen molar-refractivity contribution < 1.29 is 0 Å². The zero-order valence-electron chi connectivity index (χ0n) is 18.1. The fourth-order valence-corrected chi connectivity index (χ4v) is 5.31. The van der Waals surface area contributed by atoms with Crippen molar-refractivity contribution in [1.82, 2.24) is 19.6 Å². The number of rotatable bonds is 5. The van der Waals surface area contributed by atoms with Crippen LogP contribution in [0, 0.1) is 27.7 Å². The van der Waals surface area contributed by atoms with E-state index in [-0.39, 0.29) is 0 Å². The molecule has 0 unspecified atom stereocenters. The van der Waals surface area contributed by atoms with Gasteiger partial charge in [0, 0.05) is 27.9 Å². The lowest BCUT2D eigenvalue weighted by molar-refractivity contribution is 0.598. The summed E-state index contributed by atoms with van der Waals surface area (Å²) >= 11 is 1.78. The van der Waals surface area contributed by atoms with Crippen LogP contribution in [0.4, 0.5) is 0 Å². The van der Waals surface area contributed by atoms with E-state index in [2.05, 4.69) is 63.4 Å². The van der Waals surface area contributed by atoms with E-state index in [1.54, 1.807) is 11.3 Å². The maximum Gasteiger partial charge on any atom is 0.164 e. The van der Waals surface area contributed by atoms with Crippen LogP contribution in [0.15, 0.2) is 30.3 Å². The third kappa shape index (κ3) is 3.48. The number of pyridine rings is 1. The average molecular weight is 405 g/mol. The highest BCUT2D eigenvalue weighted by Crippen LogP contribution is 2.41. The predicted octanol–water partition coefficient (Wildman–Crippen LogP) is 6.66. The second kappa shape index (κ2) is 7.71. The summed E-state index contributed by atoms with van der Waals surface area (Å²) in [7, 11) is 0. The molecule has 5 heteroatoms. The first kappa shape index (κ1) is 19.8. The van der Waals surface area contributed by atoms with Crippen LogP contribution in [0.1, 0.15) is 60.9 Å². The Kier molecular flexibility index (Phi) is 5.26. The molecule has 4 nitrogen and oxygen atoms in total. The molecule has 0 aliphatic carbocycles. The predicted molar refractivity (Wildman–Crippen MR) is 122 cm³/mol. The van der Waals surface area contributed by atoms with Crippen LogP contribution in [-0.2, 0) is 0 Å². The lowest BCUT2D eigenvalue weighted by atomic mass is 9.98. The zero-order valence-corrected chi connectivity index (χ0v) is 18.9. The normalized spacial score (nSPS) is 11.7. The topological polar surface area (TPSA) is 43.1 Å². The second-order valence-electron chi connectivity index (χ2n) is 7.82. The Balaban J connectivity index is 1.92. The average Bonchev–Trinajstić information content (AvgIpc) is 3.21. The molecule has 0 aromatic carbocycles. The summed E-state index contributed by atoms with van der Waals surface area (Å²) in [5, 5.41) is 4.93. The van der Waals surface area contributed by atoms with Gasteiger partial charge in [-0.15, -0.1) is 11.3 Å². The summed E-state index contributed by atoms with van der Waals surface area (Å²) in [6, 6.07) is 10.6. The Morgan fingerprint density at radius 3 is 2.41 bits per heavy atom. The van der Waals surface area contributed by atoms with Gasteiger partial charge in [-0.25, -0.2) is 9.50 Å². The first-order valence-electron chi connectivity index (χ1n) is 10.3. The molecule has 0 spiro atoms. The lowest BCUT2D eigenvalue weighted by Gasteiger charge is -2.15. The Morgan fingerprint density at radius 1 is 0.966 bits per heavy atom. The molecule has 0 radical (unpaired) electrons. The van der Waals surface area contributed by atoms with Crippen molar-refractivity contribution in [3.05, 3.63) is 58.7 Å². The second-order valence-corrected chi connectivity index (χ2v) is 8.87.